The largest absolute Gasteiger partial charge is 0.492 e. The Kier molecular flexibility index (Phi) is 5.78. The number of nitrogens with zero attached hydrogens (tertiary/aromatic N) is 1. The summed E-state index contributed by atoms with van der Waals surface area (Å²) in [4.78, 5) is 0. The lowest BCUT2D eigenvalue weighted by Crippen LogP contribution is -2.11. The molecular formula is C17H19N3O2. The van der Waals surface area contributed by atoms with E-state index < -0.39 is 0 Å². The normalized spacial score (nSPS) is 10.0. The number of hydrogen-bond donors (Lipinski definition) is 2. The first-order chi connectivity index (χ1) is 10.8. The fraction of sp³-hybridized carbons (Fsp3) is 0.235. The molecule has 0 saturated heterocycles. The van der Waals surface area contributed by atoms with Gasteiger partial charge in [0, 0.05) is 18.7 Å². The van der Waals surface area contributed by atoms with Crippen molar-refractivity contribution in [2.75, 3.05) is 26.3 Å². The van der Waals surface area contributed by atoms with Gasteiger partial charge in [0.25, 0.3) is 0 Å². The fourth-order valence-electron chi connectivity index (χ4n) is 2.05. The van der Waals surface area contributed by atoms with Gasteiger partial charge in [-0.05, 0) is 35.9 Å². The Labute approximate surface area is 130 Å². The van der Waals surface area contributed by atoms with Crippen molar-refractivity contribution < 1.29 is 9.47 Å². The number of nitriles is 1. The van der Waals surface area contributed by atoms with E-state index in [4.69, 9.17) is 26.2 Å². The zero-order valence-corrected chi connectivity index (χ0v) is 12.3. The van der Waals surface area contributed by atoms with Crippen LogP contribution in [0, 0.1) is 11.3 Å². The molecule has 0 heterocycles. The van der Waals surface area contributed by atoms with Gasteiger partial charge in [-0.1, -0.05) is 12.1 Å². The molecule has 0 radical (unpaired) electrons. The minimum Gasteiger partial charge on any atom is -0.492 e. The average molecular weight is 297 g/mol. The molecule has 5 nitrogen and oxygen atoms in total. The minimum atomic E-state index is 0.394. The van der Waals surface area contributed by atoms with Crippen LogP contribution >= 0.6 is 0 Å². The van der Waals surface area contributed by atoms with Crippen molar-refractivity contribution in [2.24, 2.45) is 11.5 Å². The van der Waals surface area contributed by atoms with Crippen LogP contribution in [0.25, 0.3) is 11.1 Å². The molecule has 2 aromatic carbocycles. The van der Waals surface area contributed by atoms with Crippen LogP contribution < -0.4 is 20.9 Å². The van der Waals surface area contributed by atoms with Gasteiger partial charge in [0.2, 0.25) is 0 Å². The van der Waals surface area contributed by atoms with Crippen LogP contribution in [-0.2, 0) is 0 Å². The van der Waals surface area contributed by atoms with Crippen molar-refractivity contribution in [2.45, 2.75) is 0 Å². The van der Waals surface area contributed by atoms with Crippen molar-refractivity contribution in [3.8, 4) is 28.7 Å². The van der Waals surface area contributed by atoms with Crippen LogP contribution in [0.1, 0.15) is 5.56 Å². The zero-order valence-electron chi connectivity index (χ0n) is 12.3. The standard InChI is InChI=1S/C17H19N3O2/c18-6-8-21-15-3-1-2-14(11-15)16-5-4-13(12-20)10-17(16)22-9-7-19/h1-5,10-11H,6-9,18-19H2. The van der Waals surface area contributed by atoms with E-state index in [1.165, 1.54) is 0 Å². The summed E-state index contributed by atoms with van der Waals surface area (Å²) in [5.41, 5.74) is 13.3. The highest BCUT2D eigenvalue weighted by atomic mass is 16.5. The number of ether oxygens (including phenoxy) is 2. The average Bonchev–Trinajstić information content (AvgIpc) is 2.58. The van der Waals surface area contributed by atoms with Gasteiger partial charge in [0.15, 0.2) is 0 Å². The van der Waals surface area contributed by atoms with Gasteiger partial charge >= 0.3 is 0 Å². The molecule has 0 saturated carbocycles. The Balaban J connectivity index is 2.36. The number of hydrogen-bond acceptors (Lipinski definition) is 5. The lowest BCUT2D eigenvalue weighted by atomic mass is 10.0. The summed E-state index contributed by atoms with van der Waals surface area (Å²) < 4.78 is 11.2. The predicted molar refractivity (Wildman–Crippen MR) is 85.7 cm³/mol. The van der Waals surface area contributed by atoms with E-state index in [9.17, 15) is 0 Å². The molecule has 2 rings (SSSR count). The molecule has 0 bridgehead atoms. The third kappa shape index (κ3) is 3.98. The first-order valence-corrected chi connectivity index (χ1v) is 7.09. The monoisotopic (exact) mass is 297 g/mol. The summed E-state index contributed by atoms with van der Waals surface area (Å²) in [6, 6.07) is 15.1. The van der Waals surface area contributed by atoms with E-state index in [0.29, 0.717) is 37.6 Å². The van der Waals surface area contributed by atoms with Crippen LogP contribution in [-0.4, -0.2) is 26.3 Å². The van der Waals surface area contributed by atoms with Gasteiger partial charge in [-0.2, -0.15) is 5.26 Å². The summed E-state index contributed by atoms with van der Waals surface area (Å²) in [7, 11) is 0. The molecule has 0 aromatic heterocycles. The Morgan fingerprint density at radius 2 is 1.73 bits per heavy atom. The van der Waals surface area contributed by atoms with E-state index in [1.54, 1.807) is 12.1 Å². The predicted octanol–water partition coefficient (Wildman–Crippen LogP) is 1.90. The number of nitrogens with two attached hydrogens (primary N) is 2. The van der Waals surface area contributed by atoms with Crippen molar-refractivity contribution in [3.05, 3.63) is 48.0 Å². The van der Waals surface area contributed by atoms with Gasteiger partial charge in [-0.15, -0.1) is 0 Å². The zero-order chi connectivity index (χ0) is 15.8. The van der Waals surface area contributed by atoms with Crippen LogP contribution in [0.15, 0.2) is 42.5 Å². The molecule has 0 aliphatic rings. The first kappa shape index (κ1) is 15.8. The third-order valence-corrected chi connectivity index (χ3v) is 3.02. The lowest BCUT2D eigenvalue weighted by Gasteiger charge is -2.13. The highest BCUT2D eigenvalue weighted by Gasteiger charge is 2.09. The maximum Gasteiger partial charge on any atom is 0.128 e. The Morgan fingerprint density at radius 1 is 0.955 bits per heavy atom. The molecule has 0 atom stereocenters. The molecule has 0 aliphatic carbocycles. The summed E-state index contributed by atoms with van der Waals surface area (Å²) in [6.07, 6.45) is 0. The smallest absolute Gasteiger partial charge is 0.128 e. The van der Waals surface area contributed by atoms with E-state index in [0.717, 1.165) is 16.9 Å². The maximum absolute atomic E-state index is 9.03. The van der Waals surface area contributed by atoms with Crippen LogP contribution in [0.2, 0.25) is 0 Å². The number of rotatable bonds is 7. The lowest BCUT2D eigenvalue weighted by molar-refractivity contribution is 0.327. The molecule has 114 valence electrons. The van der Waals surface area contributed by atoms with Crippen molar-refractivity contribution >= 4 is 0 Å². The highest BCUT2D eigenvalue weighted by molar-refractivity contribution is 5.72. The van der Waals surface area contributed by atoms with Gasteiger partial charge in [-0.3, -0.25) is 0 Å². The second kappa shape index (κ2) is 8.03. The van der Waals surface area contributed by atoms with Crippen LogP contribution in [0.3, 0.4) is 0 Å². The Hall–Kier alpha value is -2.55. The fourth-order valence-corrected chi connectivity index (χ4v) is 2.05. The van der Waals surface area contributed by atoms with Gasteiger partial charge in [0.1, 0.15) is 24.7 Å². The van der Waals surface area contributed by atoms with Crippen molar-refractivity contribution in [1.29, 1.82) is 5.26 Å². The maximum atomic E-state index is 9.03. The summed E-state index contributed by atoms with van der Waals surface area (Å²) in [5.74, 6) is 1.39. The SMILES string of the molecule is N#Cc1ccc(-c2cccc(OCCN)c2)c(OCCN)c1. The van der Waals surface area contributed by atoms with Gasteiger partial charge in [0.05, 0.1) is 11.6 Å². The molecule has 4 N–H and O–H groups in total. The van der Waals surface area contributed by atoms with E-state index >= 15 is 0 Å². The molecule has 0 aliphatic heterocycles. The molecule has 0 amide bonds. The van der Waals surface area contributed by atoms with E-state index in [1.807, 2.05) is 30.3 Å². The Morgan fingerprint density at radius 3 is 2.45 bits per heavy atom. The summed E-state index contributed by atoms with van der Waals surface area (Å²) in [6.45, 7) is 1.74. The summed E-state index contributed by atoms with van der Waals surface area (Å²) in [5, 5.41) is 9.03. The molecule has 5 heteroatoms. The summed E-state index contributed by atoms with van der Waals surface area (Å²) >= 11 is 0. The molecule has 22 heavy (non-hydrogen) atoms. The van der Waals surface area contributed by atoms with Crippen LogP contribution in [0.4, 0.5) is 0 Å². The molecular weight excluding hydrogens is 278 g/mol. The highest BCUT2D eigenvalue weighted by Crippen LogP contribution is 2.32. The van der Waals surface area contributed by atoms with E-state index in [-0.39, 0.29) is 0 Å². The quantitative estimate of drug-likeness (QED) is 0.814. The van der Waals surface area contributed by atoms with Crippen molar-refractivity contribution in [3.63, 3.8) is 0 Å². The second-order valence-electron chi connectivity index (χ2n) is 4.62. The van der Waals surface area contributed by atoms with E-state index in [2.05, 4.69) is 6.07 Å². The van der Waals surface area contributed by atoms with Crippen molar-refractivity contribution in [1.82, 2.24) is 0 Å². The number of benzene rings is 2. The second-order valence-corrected chi connectivity index (χ2v) is 4.62. The van der Waals surface area contributed by atoms with Gasteiger partial charge < -0.3 is 20.9 Å². The molecule has 0 fully saturated rings. The minimum absolute atomic E-state index is 0.394. The Bertz CT molecular complexity index is 665. The molecule has 0 unspecified atom stereocenters. The van der Waals surface area contributed by atoms with Crippen LogP contribution in [0.5, 0.6) is 11.5 Å². The molecule has 0 spiro atoms. The van der Waals surface area contributed by atoms with Gasteiger partial charge in [-0.25, -0.2) is 0 Å². The first-order valence-electron chi connectivity index (χ1n) is 7.09. The topological polar surface area (TPSA) is 94.3 Å². The third-order valence-electron chi connectivity index (χ3n) is 3.02. The molecule has 2 aromatic rings.